The zero-order chi connectivity index (χ0) is 16.9. The Hall–Kier alpha value is -1.84. The standard InChI is InChI=1S/C20H23ClN2O/c1-16-4-2-3-5-19(16)20(24)23-14-12-22(13-15-23)11-10-17-6-8-18(21)9-7-17/h2-9H,10-15H2,1H3. The van der Waals surface area contributed by atoms with E-state index in [-0.39, 0.29) is 5.91 Å². The van der Waals surface area contributed by atoms with Gasteiger partial charge in [-0.05, 0) is 42.7 Å². The van der Waals surface area contributed by atoms with E-state index in [4.69, 9.17) is 11.6 Å². The minimum absolute atomic E-state index is 0.158. The molecule has 0 bridgehead atoms. The molecule has 126 valence electrons. The summed E-state index contributed by atoms with van der Waals surface area (Å²) in [5.41, 5.74) is 3.18. The second-order valence-electron chi connectivity index (χ2n) is 6.33. The first-order valence-corrected chi connectivity index (χ1v) is 8.83. The van der Waals surface area contributed by atoms with E-state index in [0.717, 1.165) is 55.3 Å². The number of carbonyl (C=O) groups is 1. The van der Waals surface area contributed by atoms with Crippen LogP contribution in [0.15, 0.2) is 48.5 Å². The van der Waals surface area contributed by atoms with E-state index in [1.165, 1.54) is 5.56 Å². The molecule has 0 saturated carbocycles. The maximum atomic E-state index is 12.6. The van der Waals surface area contributed by atoms with Gasteiger partial charge < -0.3 is 4.90 Å². The Morgan fingerprint density at radius 1 is 1.00 bits per heavy atom. The maximum Gasteiger partial charge on any atom is 0.254 e. The average Bonchev–Trinajstić information content (AvgIpc) is 2.61. The summed E-state index contributed by atoms with van der Waals surface area (Å²) in [6, 6.07) is 15.9. The minimum Gasteiger partial charge on any atom is -0.336 e. The fraction of sp³-hybridized carbons (Fsp3) is 0.350. The lowest BCUT2D eigenvalue weighted by molar-refractivity contribution is 0.0638. The highest BCUT2D eigenvalue weighted by Gasteiger charge is 2.22. The van der Waals surface area contributed by atoms with Gasteiger partial charge in [-0.1, -0.05) is 41.9 Å². The van der Waals surface area contributed by atoms with Gasteiger partial charge in [0.05, 0.1) is 0 Å². The van der Waals surface area contributed by atoms with E-state index in [1.54, 1.807) is 0 Å². The first-order valence-electron chi connectivity index (χ1n) is 8.45. The van der Waals surface area contributed by atoms with E-state index < -0.39 is 0 Å². The van der Waals surface area contributed by atoms with Gasteiger partial charge in [0.25, 0.3) is 5.91 Å². The predicted molar refractivity (Wildman–Crippen MR) is 98.7 cm³/mol. The molecule has 1 amide bonds. The molecule has 1 saturated heterocycles. The number of amides is 1. The second kappa shape index (κ2) is 7.82. The first kappa shape index (κ1) is 17.0. The van der Waals surface area contributed by atoms with Crippen molar-refractivity contribution in [1.82, 2.24) is 9.80 Å². The Bertz CT molecular complexity index is 691. The summed E-state index contributed by atoms with van der Waals surface area (Å²) >= 11 is 5.92. The van der Waals surface area contributed by atoms with Crippen LogP contribution < -0.4 is 0 Å². The zero-order valence-electron chi connectivity index (χ0n) is 14.0. The smallest absolute Gasteiger partial charge is 0.254 e. The Morgan fingerprint density at radius 3 is 2.33 bits per heavy atom. The molecule has 0 unspecified atom stereocenters. The van der Waals surface area contributed by atoms with Gasteiger partial charge in [-0.2, -0.15) is 0 Å². The normalized spacial score (nSPS) is 15.5. The zero-order valence-corrected chi connectivity index (χ0v) is 14.8. The van der Waals surface area contributed by atoms with Gasteiger partial charge >= 0.3 is 0 Å². The van der Waals surface area contributed by atoms with Crippen LogP contribution in [0.2, 0.25) is 5.02 Å². The third kappa shape index (κ3) is 4.16. The van der Waals surface area contributed by atoms with Gasteiger partial charge in [-0.3, -0.25) is 9.69 Å². The molecular weight excluding hydrogens is 320 g/mol. The van der Waals surface area contributed by atoms with E-state index in [9.17, 15) is 4.79 Å². The number of carbonyl (C=O) groups excluding carboxylic acids is 1. The van der Waals surface area contributed by atoms with Crippen LogP contribution in [-0.2, 0) is 6.42 Å². The predicted octanol–water partition coefficient (Wildman–Crippen LogP) is 3.65. The van der Waals surface area contributed by atoms with Crippen molar-refractivity contribution in [2.75, 3.05) is 32.7 Å². The van der Waals surface area contributed by atoms with Gasteiger partial charge in [0.2, 0.25) is 0 Å². The molecule has 0 atom stereocenters. The van der Waals surface area contributed by atoms with Gasteiger partial charge in [-0.25, -0.2) is 0 Å². The number of piperazine rings is 1. The van der Waals surface area contributed by atoms with Gasteiger partial charge in [0.1, 0.15) is 0 Å². The third-order valence-corrected chi connectivity index (χ3v) is 4.92. The summed E-state index contributed by atoms with van der Waals surface area (Å²) in [5.74, 6) is 0.158. The summed E-state index contributed by atoms with van der Waals surface area (Å²) in [5, 5.41) is 0.780. The number of hydrogen-bond acceptors (Lipinski definition) is 2. The first-order chi connectivity index (χ1) is 11.6. The van der Waals surface area contributed by atoms with E-state index in [1.807, 2.05) is 48.2 Å². The van der Waals surface area contributed by atoms with Crippen molar-refractivity contribution >= 4 is 17.5 Å². The summed E-state index contributed by atoms with van der Waals surface area (Å²) in [6.07, 6.45) is 1.02. The monoisotopic (exact) mass is 342 g/mol. The van der Waals surface area contributed by atoms with Gasteiger partial charge in [0, 0.05) is 43.3 Å². The molecule has 0 aromatic heterocycles. The Kier molecular flexibility index (Phi) is 5.54. The van der Waals surface area contributed by atoms with Crippen molar-refractivity contribution in [3.05, 3.63) is 70.2 Å². The molecule has 0 aliphatic carbocycles. The Balaban J connectivity index is 1.49. The summed E-state index contributed by atoms with van der Waals surface area (Å²) in [7, 11) is 0. The molecule has 4 heteroatoms. The molecule has 3 rings (SSSR count). The second-order valence-corrected chi connectivity index (χ2v) is 6.76. The van der Waals surface area contributed by atoms with Crippen LogP contribution in [-0.4, -0.2) is 48.4 Å². The molecule has 1 aliphatic heterocycles. The van der Waals surface area contributed by atoms with Crippen LogP contribution in [0, 0.1) is 6.92 Å². The highest BCUT2D eigenvalue weighted by Crippen LogP contribution is 2.14. The number of aryl methyl sites for hydroxylation is 1. The third-order valence-electron chi connectivity index (χ3n) is 4.66. The maximum absolute atomic E-state index is 12.6. The van der Waals surface area contributed by atoms with Crippen LogP contribution in [0.3, 0.4) is 0 Å². The quantitative estimate of drug-likeness (QED) is 0.846. The fourth-order valence-corrected chi connectivity index (χ4v) is 3.22. The van der Waals surface area contributed by atoms with Crippen LogP contribution in [0.25, 0.3) is 0 Å². The van der Waals surface area contributed by atoms with Crippen molar-refractivity contribution in [1.29, 1.82) is 0 Å². The van der Waals surface area contributed by atoms with Crippen LogP contribution >= 0.6 is 11.6 Å². The SMILES string of the molecule is Cc1ccccc1C(=O)N1CCN(CCc2ccc(Cl)cc2)CC1. The highest BCUT2D eigenvalue weighted by atomic mass is 35.5. The highest BCUT2D eigenvalue weighted by molar-refractivity contribution is 6.30. The summed E-state index contributed by atoms with van der Waals surface area (Å²) in [6.45, 7) is 6.49. The van der Waals surface area contributed by atoms with Crippen molar-refractivity contribution in [2.24, 2.45) is 0 Å². The number of rotatable bonds is 4. The number of nitrogens with zero attached hydrogens (tertiary/aromatic N) is 2. The molecule has 0 radical (unpaired) electrons. The molecule has 3 nitrogen and oxygen atoms in total. The van der Waals surface area contributed by atoms with Crippen molar-refractivity contribution in [3.8, 4) is 0 Å². The number of benzene rings is 2. The van der Waals surface area contributed by atoms with Gasteiger partial charge in [0.15, 0.2) is 0 Å². The fourth-order valence-electron chi connectivity index (χ4n) is 3.10. The minimum atomic E-state index is 0.158. The largest absolute Gasteiger partial charge is 0.336 e. The Labute approximate surface area is 148 Å². The van der Waals surface area contributed by atoms with E-state index in [2.05, 4.69) is 17.0 Å². The number of hydrogen-bond donors (Lipinski definition) is 0. The molecule has 1 heterocycles. The number of halogens is 1. The molecular formula is C20H23ClN2O. The van der Waals surface area contributed by atoms with Crippen LogP contribution in [0.4, 0.5) is 0 Å². The van der Waals surface area contributed by atoms with Crippen molar-refractivity contribution < 1.29 is 4.79 Å². The summed E-state index contributed by atoms with van der Waals surface area (Å²) < 4.78 is 0. The summed E-state index contributed by atoms with van der Waals surface area (Å²) in [4.78, 5) is 17.0. The van der Waals surface area contributed by atoms with E-state index in [0.29, 0.717) is 0 Å². The van der Waals surface area contributed by atoms with Crippen LogP contribution in [0.1, 0.15) is 21.5 Å². The van der Waals surface area contributed by atoms with Gasteiger partial charge in [-0.15, -0.1) is 0 Å². The lowest BCUT2D eigenvalue weighted by Crippen LogP contribution is -2.49. The van der Waals surface area contributed by atoms with Crippen molar-refractivity contribution in [2.45, 2.75) is 13.3 Å². The molecule has 0 N–H and O–H groups in total. The molecule has 1 aliphatic rings. The molecule has 2 aromatic rings. The Morgan fingerprint density at radius 2 is 1.67 bits per heavy atom. The molecule has 0 spiro atoms. The lowest BCUT2D eigenvalue weighted by Gasteiger charge is -2.35. The lowest BCUT2D eigenvalue weighted by atomic mass is 10.1. The topological polar surface area (TPSA) is 23.6 Å². The van der Waals surface area contributed by atoms with Crippen molar-refractivity contribution in [3.63, 3.8) is 0 Å². The van der Waals surface area contributed by atoms with E-state index >= 15 is 0 Å². The molecule has 1 fully saturated rings. The molecule has 2 aromatic carbocycles. The van der Waals surface area contributed by atoms with Crippen LogP contribution in [0.5, 0.6) is 0 Å². The molecule has 24 heavy (non-hydrogen) atoms. The average molecular weight is 343 g/mol.